The van der Waals surface area contributed by atoms with E-state index < -0.39 is 0 Å². The van der Waals surface area contributed by atoms with Crippen molar-refractivity contribution < 1.29 is 10.1 Å². The number of imidazole rings is 1. The number of aromatic nitrogens is 2. The number of allylic oxidation sites excluding steroid dienone is 2. The Hall–Kier alpha value is -1.90. The number of quaternary nitrogens is 1. The third-order valence-corrected chi connectivity index (χ3v) is 3.53. The van der Waals surface area contributed by atoms with E-state index in [0.29, 0.717) is 32.1 Å². The highest BCUT2D eigenvalue weighted by molar-refractivity contribution is 5.97. The van der Waals surface area contributed by atoms with E-state index in [1.807, 2.05) is 19.2 Å². The van der Waals surface area contributed by atoms with Gasteiger partial charge in [-0.2, -0.15) is 5.53 Å². The summed E-state index contributed by atoms with van der Waals surface area (Å²) >= 11 is 0. The van der Waals surface area contributed by atoms with Gasteiger partial charge in [-0.15, -0.1) is 0 Å². The molecule has 0 fully saturated rings. The number of nitrogens with two attached hydrogens (primary N) is 2. The molecule has 0 saturated carbocycles. The normalized spacial score (nSPS) is 16.5. The lowest BCUT2D eigenvalue weighted by Crippen LogP contribution is -2.87. The third-order valence-electron chi connectivity index (χ3n) is 3.53. The van der Waals surface area contributed by atoms with Crippen LogP contribution in [0.15, 0.2) is 16.0 Å². The van der Waals surface area contributed by atoms with Crippen molar-refractivity contribution in [1.82, 2.24) is 9.55 Å². The van der Waals surface area contributed by atoms with E-state index in [9.17, 15) is 0 Å². The molecule has 0 unspecified atom stereocenters. The number of hydrogen-bond acceptors (Lipinski definition) is 5. The van der Waals surface area contributed by atoms with Crippen LogP contribution in [0.3, 0.4) is 0 Å². The van der Waals surface area contributed by atoms with Gasteiger partial charge in [-0.25, -0.2) is 4.98 Å². The Bertz CT molecular complexity index is 600. The van der Waals surface area contributed by atoms with E-state index in [1.54, 1.807) is 0 Å². The highest BCUT2D eigenvalue weighted by Crippen LogP contribution is 2.25. The average molecular weight is 292 g/mol. The lowest BCUT2D eigenvalue weighted by atomic mass is 10.1. The summed E-state index contributed by atoms with van der Waals surface area (Å²) in [5, 5.41) is 8.92. The zero-order chi connectivity index (χ0) is 15.4. The van der Waals surface area contributed by atoms with Gasteiger partial charge in [0.1, 0.15) is 18.1 Å². The van der Waals surface area contributed by atoms with Crippen LogP contribution in [0.25, 0.3) is 5.57 Å². The molecule has 8 nitrogen and oxygen atoms in total. The minimum atomic E-state index is 0.432. The standard InChI is InChI=1S/C13H21N7O/c1-4-21-7-10-17-11-12(20(10)6-5-14)8(2)9(3)16-13(11)18-19-15/h4-7,14H2,1-3H3,(H2,15,16,18)/p+1. The molecule has 8 heteroatoms. The summed E-state index contributed by atoms with van der Waals surface area (Å²) in [5.41, 5.74) is 16.7. The van der Waals surface area contributed by atoms with E-state index in [4.69, 9.17) is 16.0 Å². The van der Waals surface area contributed by atoms with Crippen molar-refractivity contribution in [2.45, 2.75) is 33.9 Å². The predicted octanol–water partition coefficient (Wildman–Crippen LogP) is 0.399. The number of nitrogens with one attached hydrogen (secondary N) is 1. The molecule has 0 radical (unpaired) electrons. The highest BCUT2D eigenvalue weighted by Gasteiger charge is 2.30. The number of hydrogen-bond donors (Lipinski definition) is 3. The first-order chi connectivity index (χ1) is 10.1. The fraction of sp³-hybridized carbons (Fsp3) is 0.538. The molecule has 2 heterocycles. The monoisotopic (exact) mass is 292 g/mol. The molecule has 0 atom stereocenters. The van der Waals surface area contributed by atoms with Crippen molar-refractivity contribution in [3.8, 4) is 0 Å². The van der Waals surface area contributed by atoms with E-state index in [-0.39, 0.29) is 0 Å². The van der Waals surface area contributed by atoms with Gasteiger partial charge >= 0.3 is 0 Å². The Morgan fingerprint density at radius 2 is 2.19 bits per heavy atom. The zero-order valence-corrected chi connectivity index (χ0v) is 12.7. The first kappa shape index (κ1) is 15.5. The van der Waals surface area contributed by atoms with Crippen LogP contribution in [0.1, 0.15) is 38.0 Å². The predicted molar refractivity (Wildman–Crippen MR) is 78.5 cm³/mol. The van der Waals surface area contributed by atoms with Crippen LogP contribution >= 0.6 is 0 Å². The molecule has 0 aliphatic carbocycles. The number of fused-ring (bicyclic) bond motifs is 1. The molecule has 114 valence electrons. The fourth-order valence-electron chi connectivity index (χ4n) is 2.43. The van der Waals surface area contributed by atoms with Gasteiger partial charge in [-0.1, -0.05) is 5.10 Å². The molecule has 1 aliphatic heterocycles. The Labute approximate surface area is 123 Å². The summed E-state index contributed by atoms with van der Waals surface area (Å²) in [4.78, 5) is 4.63. The van der Waals surface area contributed by atoms with Gasteiger partial charge in [0.15, 0.2) is 5.69 Å². The first-order valence-electron chi connectivity index (χ1n) is 6.98. The fourth-order valence-corrected chi connectivity index (χ4v) is 2.43. The second-order valence-electron chi connectivity index (χ2n) is 4.84. The SMILES string of the molecule is CCOCc1nc2c(n1CCN)C(C)=C(C)[NH2+]/C2=N\N=N. The summed E-state index contributed by atoms with van der Waals surface area (Å²) in [6.45, 7) is 8.27. The molecule has 0 bridgehead atoms. The van der Waals surface area contributed by atoms with Crippen molar-refractivity contribution in [3.05, 3.63) is 22.9 Å². The Morgan fingerprint density at radius 1 is 1.43 bits per heavy atom. The van der Waals surface area contributed by atoms with Crippen molar-refractivity contribution in [3.63, 3.8) is 0 Å². The second-order valence-corrected chi connectivity index (χ2v) is 4.84. The van der Waals surface area contributed by atoms with Crippen LogP contribution in [0, 0.1) is 5.53 Å². The molecule has 0 spiro atoms. The topological polar surface area (TPSA) is 118 Å². The smallest absolute Gasteiger partial charge is 0.278 e. The maximum Gasteiger partial charge on any atom is 0.278 e. The van der Waals surface area contributed by atoms with Crippen LogP contribution in [0.4, 0.5) is 0 Å². The van der Waals surface area contributed by atoms with Gasteiger partial charge in [0.2, 0.25) is 0 Å². The largest absolute Gasteiger partial charge is 0.374 e. The van der Waals surface area contributed by atoms with E-state index in [1.165, 1.54) is 0 Å². The zero-order valence-electron chi connectivity index (χ0n) is 12.7. The Balaban J connectivity index is 2.59. The molecular weight excluding hydrogens is 270 g/mol. The van der Waals surface area contributed by atoms with Crippen LogP contribution in [0.2, 0.25) is 0 Å². The van der Waals surface area contributed by atoms with Crippen LogP contribution in [-0.2, 0) is 17.9 Å². The van der Waals surface area contributed by atoms with E-state index in [0.717, 1.165) is 28.5 Å². The van der Waals surface area contributed by atoms with Gasteiger partial charge in [-0.05, 0) is 19.1 Å². The van der Waals surface area contributed by atoms with E-state index in [2.05, 4.69) is 26.8 Å². The highest BCUT2D eigenvalue weighted by atomic mass is 16.5. The Kier molecular flexibility index (Phi) is 4.94. The second kappa shape index (κ2) is 6.70. The number of rotatable bonds is 6. The van der Waals surface area contributed by atoms with Gasteiger partial charge in [-0.3, -0.25) is 5.32 Å². The summed E-state index contributed by atoms with van der Waals surface area (Å²) in [7, 11) is 0. The van der Waals surface area contributed by atoms with Crippen molar-refractivity contribution in [1.29, 1.82) is 5.53 Å². The molecule has 1 aliphatic rings. The Morgan fingerprint density at radius 3 is 2.81 bits per heavy atom. The van der Waals surface area contributed by atoms with Crippen LogP contribution < -0.4 is 11.1 Å². The van der Waals surface area contributed by atoms with Gasteiger partial charge in [0, 0.05) is 32.2 Å². The van der Waals surface area contributed by atoms with Crippen LogP contribution in [0.5, 0.6) is 0 Å². The summed E-state index contributed by atoms with van der Waals surface area (Å²) < 4.78 is 7.57. The number of ether oxygens (including phenoxy) is 1. The van der Waals surface area contributed by atoms with Gasteiger partial charge in [0.25, 0.3) is 5.84 Å². The average Bonchev–Trinajstić information content (AvgIpc) is 2.82. The molecule has 2 rings (SSSR count). The van der Waals surface area contributed by atoms with Crippen LogP contribution in [-0.4, -0.2) is 28.5 Å². The summed E-state index contributed by atoms with van der Waals surface area (Å²) in [6.07, 6.45) is 0. The lowest BCUT2D eigenvalue weighted by molar-refractivity contribution is -0.483. The molecule has 21 heavy (non-hydrogen) atoms. The van der Waals surface area contributed by atoms with Gasteiger partial charge in [0.05, 0.1) is 5.69 Å². The minimum Gasteiger partial charge on any atom is -0.374 e. The van der Waals surface area contributed by atoms with Crippen molar-refractivity contribution in [2.24, 2.45) is 16.1 Å². The third kappa shape index (κ3) is 2.92. The summed E-state index contributed by atoms with van der Waals surface area (Å²) in [6, 6.07) is 0. The van der Waals surface area contributed by atoms with Crippen molar-refractivity contribution >= 4 is 11.4 Å². The molecule has 0 aromatic carbocycles. The molecule has 0 saturated heterocycles. The number of nitrogens with zero attached hydrogens (tertiary/aromatic N) is 4. The first-order valence-corrected chi connectivity index (χ1v) is 6.98. The molecule has 5 N–H and O–H groups in total. The van der Waals surface area contributed by atoms with Crippen molar-refractivity contribution in [2.75, 3.05) is 13.2 Å². The lowest BCUT2D eigenvalue weighted by Gasteiger charge is -2.16. The molecule has 1 aromatic heterocycles. The van der Waals surface area contributed by atoms with E-state index >= 15 is 0 Å². The quantitative estimate of drug-likeness (QED) is 0.520. The maximum atomic E-state index is 6.97. The minimum absolute atomic E-state index is 0.432. The number of amidine groups is 1. The molecule has 1 aromatic rings. The molecular formula is C13H22N7O+. The van der Waals surface area contributed by atoms with Gasteiger partial charge < -0.3 is 15.0 Å². The molecule has 0 amide bonds. The summed E-state index contributed by atoms with van der Waals surface area (Å²) in [5.74, 6) is 1.43. The maximum absolute atomic E-state index is 6.97.